The van der Waals surface area contributed by atoms with Gasteiger partial charge in [-0.3, -0.25) is 4.79 Å². The van der Waals surface area contributed by atoms with Crippen molar-refractivity contribution >= 4 is 33.2 Å². The van der Waals surface area contributed by atoms with Gasteiger partial charge in [0.1, 0.15) is 5.82 Å². The van der Waals surface area contributed by atoms with Crippen molar-refractivity contribution in [1.29, 1.82) is 0 Å². The molecule has 0 spiro atoms. The van der Waals surface area contributed by atoms with Crippen molar-refractivity contribution in [3.8, 4) is 0 Å². The molecular weight excluding hydrogens is 467 g/mol. The van der Waals surface area contributed by atoms with Crippen molar-refractivity contribution in [2.24, 2.45) is 0 Å². The number of piperazine rings is 2. The van der Waals surface area contributed by atoms with Crippen LogP contribution in [0.15, 0.2) is 47.4 Å². The average molecular weight is 495 g/mol. The Labute approximate surface area is 199 Å². The molecule has 0 aromatic heterocycles. The maximum atomic E-state index is 14.1. The smallest absolute Gasteiger partial charge is 0.255 e. The molecule has 0 atom stereocenters. The lowest BCUT2D eigenvalue weighted by atomic mass is 10.1. The Morgan fingerprint density at radius 3 is 2.27 bits per heavy atom. The standard InChI is InChI=1S/C23H28ClFN4O3S/c1-2-26-9-15-29(16-10-26)33(31,32)18-7-8-20(24)19(17-18)23(30)28-13-11-27(12-14-28)22-6-4-3-5-21(22)25/h3-8,17H,2,9-16H2,1H3. The lowest BCUT2D eigenvalue weighted by Crippen LogP contribution is -2.49. The van der Waals surface area contributed by atoms with Gasteiger partial charge in [-0.05, 0) is 36.9 Å². The largest absolute Gasteiger partial charge is 0.366 e. The van der Waals surface area contributed by atoms with E-state index < -0.39 is 10.0 Å². The van der Waals surface area contributed by atoms with Gasteiger partial charge in [0.15, 0.2) is 0 Å². The summed E-state index contributed by atoms with van der Waals surface area (Å²) in [5, 5.41) is 0.214. The zero-order valence-corrected chi connectivity index (χ0v) is 20.2. The maximum absolute atomic E-state index is 14.1. The third kappa shape index (κ3) is 5.01. The number of halogens is 2. The molecule has 178 valence electrons. The summed E-state index contributed by atoms with van der Waals surface area (Å²) in [4.78, 5) is 19.0. The molecular formula is C23H28ClFN4O3S. The first-order chi connectivity index (χ1) is 15.8. The number of para-hydroxylation sites is 1. The van der Waals surface area contributed by atoms with Crippen molar-refractivity contribution in [3.63, 3.8) is 0 Å². The Balaban J connectivity index is 1.48. The minimum Gasteiger partial charge on any atom is -0.366 e. The molecule has 2 aromatic rings. The zero-order chi connectivity index (χ0) is 23.6. The van der Waals surface area contributed by atoms with E-state index in [1.54, 1.807) is 23.1 Å². The van der Waals surface area contributed by atoms with Crippen molar-refractivity contribution < 1.29 is 17.6 Å². The number of rotatable bonds is 5. The fourth-order valence-corrected chi connectivity index (χ4v) is 5.94. The summed E-state index contributed by atoms with van der Waals surface area (Å²) in [5.41, 5.74) is 0.683. The molecule has 2 fully saturated rings. The molecule has 2 heterocycles. The number of hydrogen-bond donors (Lipinski definition) is 0. The predicted molar refractivity (Wildman–Crippen MR) is 127 cm³/mol. The minimum absolute atomic E-state index is 0.0743. The monoisotopic (exact) mass is 494 g/mol. The van der Waals surface area contributed by atoms with Gasteiger partial charge < -0.3 is 14.7 Å². The summed E-state index contributed by atoms with van der Waals surface area (Å²) in [6, 6.07) is 10.9. The molecule has 4 rings (SSSR count). The third-order valence-electron chi connectivity index (χ3n) is 6.34. The molecule has 2 saturated heterocycles. The summed E-state index contributed by atoms with van der Waals surface area (Å²) < 4.78 is 41.9. The van der Waals surface area contributed by atoms with E-state index in [1.807, 2.05) is 4.90 Å². The van der Waals surface area contributed by atoms with E-state index in [0.717, 1.165) is 6.54 Å². The highest BCUT2D eigenvalue weighted by molar-refractivity contribution is 7.89. The van der Waals surface area contributed by atoms with Gasteiger partial charge in [-0.2, -0.15) is 4.31 Å². The Bertz CT molecular complexity index is 1110. The average Bonchev–Trinajstić information content (AvgIpc) is 2.84. The van der Waals surface area contributed by atoms with Crippen LogP contribution in [0.4, 0.5) is 10.1 Å². The number of likely N-dealkylation sites (N-methyl/N-ethyl adjacent to an activating group) is 1. The second kappa shape index (κ2) is 9.97. The first-order valence-corrected chi connectivity index (χ1v) is 12.9. The molecule has 0 saturated carbocycles. The lowest BCUT2D eigenvalue weighted by molar-refractivity contribution is 0.0746. The van der Waals surface area contributed by atoms with Crippen LogP contribution in [0.2, 0.25) is 5.02 Å². The lowest BCUT2D eigenvalue weighted by Gasteiger charge is -2.36. The fourth-order valence-electron chi connectivity index (χ4n) is 4.29. The van der Waals surface area contributed by atoms with E-state index in [4.69, 9.17) is 11.6 Å². The highest BCUT2D eigenvalue weighted by Gasteiger charge is 2.30. The van der Waals surface area contributed by atoms with E-state index >= 15 is 0 Å². The third-order valence-corrected chi connectivity index (χ3v) is 8.57. The number of nitrogens with zero attached hydrogens (tertiary/aromatic N) is 4. The number of carbonyl (C=O) groups excluding carboxylic acids is 1. The highest BCUT2D eigenvalue weighted by atomic mass is 35.5. The van der Waals surface area contributed by atoms with Crippen molar-refractivity contribution in [3.05, 3.63) is 58.9 Å². The topological polar surface area (TPSA) is 64.2 Å². The molecule has 2 aliphatic heterocycles. The van der Waals surface area contributed by atoms with Crippen LogP contribution < -0.4 is 4.90 Å². The molecule has 0 radical (unpaired) electrons. The number of hydrogen-bond acceptors (Lipinski definition) is 5. The molecule has 0 aliphatic carbocycles. The Morgan fingerprint density at radius 1 is 0.970 bits per heavy atom. The fraction of sp³-hybridized carbons (Fsp3) is 0.435. The van der Waals surface area contributed by atoms with Crippen LogP contribution in [0.25, 0.3) is 0 Å². The van der Waals surface area contributed by atoms with E-state index in [2.05, 4.69) is 11.8 Å². The molecule has 0 bridgehead atoms. The Hall–Kier alpha value is -2.20. The normalized spacial score (nSPS) is 18.5. The van der Waals surface area contributed by atoms with Crippen LogP contribution in [0.1, 0.15) is 17.3 Å². The minimum atomic E-state index is -3.72. The van der Waals surface area contributed by atoms with Crippen molar-refractivity contribution in [1.82, 2.24) is 14.1 Å². The molecule has 1 amide bonds. The van der Waals surface area contributed by atoms with E-state index in [9.17, 15) is 17.6 Å². The molecule has 0 N–H and O–H groups in total. The van der Waals surface area contributed by atoms with Crippen LogP contribution in [0, 0.1) is 5.82 Å². The summed E-state index contributed by atoms with van der Waals surface area (Å²) in [6.45, 7) is 6.87. The predicted octanol–water partition coefficient (Wildman–Crippen LogP) is 2.77. The van der Waals surface area contributed by atoms with Gasteiger partial charge in [-0.25, -0.2) is 12.8 Å². The van der Waals surface area contributed by atoms with Gasteiger partial charge in [0.2, 0.25) is 10.0 Å². The quantitative estimate of drug-likeness (QED) is 0.639. The van der Waals surface area contributed by atoms with E-state index in [-0.39, 0.29) is 27.2 Å². The van der Waals surface area contributed by atoms with Gasteiger partial charge in [-0.15, -0.1) is 0 Å². The van der Waals surface area contributed by atoms with Crippen molar-refractivity contribution in [2.75, 3.05) is 63.8 Å². The van der Waals surface area contributed by atoms with Crippen LogP contribution >= 0.6 is 11.6 Å². The Morgan fingerprint density at radius 2 is 1.64 bits per heavy atom. The van der Waals surface area contributed by atoms with Crippen molar-refractivity contribution in [2.45, 2.75) is 11.8 Å². The molecule has 2 aliphatic rings. The summed E-state index contributed by atoms with van der Waals surface area (Å²) in [7, 11) is -3.72. The second-order valence-electron chi connectivity index (χ2n) is 8.21. The first kappa shape index (κ1) is 23.9. The van der Waals surface area contributed by atoms with Crippen LogP contribution in [0.3, 0.4) is 0 Å². The molecule has 7 nitrogen and oxygen atoms in total. The number of anilines is 1. The van der Waals surface area contributed by atoms with Gasteiger partial charge in [0.05, 0.1) is 21.2 Å². The van der Waals surface area contributed by atoms with E-state index in [0.29, 0.717) is 58.0 Å². The van der Waals surface area contributed by atoms with E-state index in [1.165, 1.54) is 28.6 Å². The highest BCUT2D eigenvalue weighted by Crippen LogP contribution is 2.26. The molecule has 2 aromatic carbocycles. The zero-order valence-electron chi connectivity index (χ0n) is 18.6. The Kier molecular flexibility index (Phi) is 7.23. The maximum Gasteiger partial charge on any atom is 0.255 e. The molecule has 10 heteroatoms. The molecule has 0 unspecified atom stereocenters. The number of carbonyl (C=O) groups is 1. The summed E-state index contributed by atoms with van der Waals surface area (Å²) in [6.07, 6.45) is 0. The second-order valence-corrected chi connectivity index (χ2v) is 10.6. The number of amides is 1. The summed E-state index contributed by atoms with van der Waals surface area (Å²) in [5.74, 6) is -0.612. The SMILES string of the molecule is CCN1CCN(S(=O)(=O)c2ccc(Cl)c(C(=O)N3CCN(c4ccccc4F)CC3)c2)CC1. The van der Waals surface area contributed by atoms with Gasteiger partial charge in [-0.1, -0.05) is 30.7 Å². The van der Waals surface area contributed by atoms with Crippen LogP contribution in [0.5, 0.6) is 0 Å². The number of benzene rings is 2. The first-order valence-electron chi connectivity index (χ1n) is 11.1. The van der Waals surface area contributed by atoms with Gasteiger partial charge in [0.25, 0.3) is 5.91 Å². The number of sulfonamides is 1. The van der Waals surface area contributed by atoms with Gasteiger partial charge in [0, 0.05) is 52.4 Å². The molecule has 33 heavy (non-hydrogen) atoms. The summed E-state index contributed by atoms with van der Waals surface area (Å²) >= 11 is 6.31. The van der Waals surface area contributed by atoms with Crippen LogP contribution in [-0.2, 0) is 10.0 Å². The van der Waals surface area contributed by atoms with Gasteiger partial charge >= 0.3 is 0 Å². The van der Waals surface area contributed by atoms with Crippen LogP contribution in [-0.4, -0.2) is 87.3 Å².